The van der Waals surface area contributed by atoms with Gasteiger partial charge in [0.15, 0.2) is 0 Å². The molecule has 23 heavy (non-hydrogen) atoms. The predicted molar refractivity (Wildman–Crippen MR) is 94.3 cm³/mol. The Balaban J connectivity index is 2.28. The molecule has 0 spiro atoms. The summed E-state index contributed by atoms with van der Waals surface area (Å²) in [4.78, 5) is 0. The van der Waals surface area contributed by atoms with Crippen LogP contribution < -0.4 is 0 Å². The number of aliphatic hydroxyl groups is 2. The van der Waals surface area contributed by atoms with Gasteiger partial charge in [0.2, 0.25) is 0 Å². The number of hydrogen-bond acceptors (Lipinski definition) is 3. The van der Waals surface area contributed by atoms with Crippen LogP contribution in [-0.4, -0.2) is 33.6 Å². The standard InChI is InChI=1S/C20H34O3/c1-14(2)16-8-6-15(3)7-9-17-20(5,22)13-11-18(23-17)19(4,21)12-10-16/h6,8,14,17-18,21-22H,7,9-13H2,1-5H3/b15-6+,16-8?/t17-,18-,19+,20+/m0/s1. The lowest BCUT2D eigenvalue weighted by Gasteiger charge is -2.46. The number of allylic oxidation sites excluding steroid dienone is 4. The molecular formula is C20H34O3. The van der Waals surface area contributed by atoms with Crippen LogP contribution >= 0.6 is 0 Å². The van der Waals surface area contributed by atoms with E-state index in [0.717, 1.165) is 19.3 Å². The fourth-order valence-corrected chi connectivity index (χ4v) is 3.65. The molecule has 2 rings (SSSR count). The molecule has 0 aliphatic carbocycles. The third-order valence-electron chi connectivity index (χ3n) is 5.67. The van der Waals surface area contributed by atoms with Crippen molar-refractivity contribution in [2.75, 3.05) is 0 Å². The average molecular weight is 322 g/mol. The maximum absolute atomic E-state index is 10.9. The molecular weight excluding hydrogens is 288 g/mol. The Bertz CT molecular complexity index is 471. The van der Waals surface area contributed by atoms with E-state index in [4.69, 9.17) is 4.74 Å². The van der Waals surface area contributed by atoms with Crippen molar-refractivity contribution < 1.29 is 14.9 Å². The number of hydrogen-bond donors (Lipinski definition) is 2. The van der Waals surface area contributed by atoms with Crippen molar-refractivity contribution in [2.45, 2.75) is 96.6 Å². The lowest BCUT2D eigenvalue weighted by Crippen LogP contribution is -2.54. The molecule has 2 aliphatic rings. The smallest absolute Gasteiger partial charge is 0.0883 e. The SMILES string of the molecule is C/C1=C\C=C(C(C)C)CC[C@@](C)(O)[C@@H]2CC[C@@](C)(O)[C@H](CC1)O2. The van der Waals surface area contributed by atoms with E-state index in [1.807, 2.05) is 13.8 Å². The Morgan fingerprint density at radius 3 is 2.26 bits per heavy atom. The van der Waals surface area contributed by atoms with Gasteiger partial charge in [-0.3, -0.25) is 0 Å². The van der Waals surface area contributed by atoms with Gasteiger partial charge in [-0.2, -0.15) is 0 Å². The van der Waals surface area contributed by atoms with Crippen LogP contribution in [0.15, 0.2) is 23.3 Å². The van der Waals surface area contributed by atoms with Crippen molar-refractivity contribution >= 4 is 0 Å². The summed E-state index contributed by atoms with van der Waals surface area (Å²) in [5.41, 5.74) is 1.05. The molecule has 0 radical (unpaired) electrons. The van der Waals surface area contributed by atoms with Gasteiger partial charge in [0, 0.05) is 0 Å². The molecule has 4 atom stereocenters. The van der Waals surface area contributed by atoms with E-state index in [-0.39, 0.29) is 12.2 Å². The summed E-state index contributed by atoms with van der Waals surface area (Å²) < 4.78 is 6.19. The first kappa shape index (κ1) is 18.7. The molecule has 0 aromatic heterocycles. The fraction of sp³-hybridized carbons (Fsp3) is 0.800. The monoisotopic (exact) mass is 322 g/mol. The fourth-order valence-electron chi connectivity index (χ4n) is 3.65. The van der Waals surface area contributed by atoms with Gasteiger partial charge in [0.05, 0.1) is 23.4 Å². The number of fused-ring (bicyclic) bond motifs is 2. The number of rotatable bonds is 1. The molecule has 132 valence electrons. The Morgan fingerprint density at radius 2 is 1.61 bits per heavy atom. The van der Waals surface area contributed by atoms with E-state index in [2.05, 4.69) is 32.9 Å². The highest BCUT2D eigenvalue weighted by molar-refractivity contribution is 5.19. The van der Waals surface area contributed by atoms with Crippen molar-refractivity contribution in [3.63, 3.8) is 0 Å². The van der Waals surface area contributed by atoms with Crippen molar-refractivity contribution in [1.29, 1.82) is 0 Å². The van der Waals surface area contributed by atoms with Crippen molar-refractivity contribution in [3.8, 4) is 0 Å². The average Bonchev–Trinajstić information content (AvgIpc) is 2.43. The summed E-state index contributed by atoms with van der Waals surface area (Å²) in [6.45, 7) is 10.3. The molecule has 2 N–H and O–H groups in total. The second kappa shape index (κ2) is 7.08. The zero-order chi connectivity index (χ0) is 17.3. The highest BCUT2D eigenvalue weighted by Gasteiger charge is 2.44. The highest BCUT2D eigenvalue weighted by atomic mass is 16.5. The molecule has 0 saturated carbocycles. The van der Waals surface area contributed by atoms with E-state index in [1.54, 1.807) is 0 Å². The summed E-state index contributed by atoms with van der Waals surface area (Å²) in [6.07, 6.45) is 8.73. The van der Waals surface area contributed by atoms with Gasteiger partial charge in [-0.25, -0.2) is 0 Å². The molecule has 0 amide bonds. The summed E-state index contributed by atoms with van der Waals surface area (Å²) in [6, 6.07) is 0. The van der Waals surface area contributed by atoms with E-state index >= 15 is 0 Å². The van der Waals surface area contributed by atoms with E-state index in [1.165, 1.54) is 11.1 Å². The molecule has 1 fully saturated rings. The second-order valence-electron chi connectivity index (χ2n) is 8.31. The molecule has 0 aromatic carbocycles. The third-order valence-corrected chi connectivity index (χ3v) is 5.67. The summed E-state index contributed by atoms with van der Waals surface area (Å²) in [5, 5.41) is 21.6. The molecule has 0 unspecified atom stereocenters. The predicted octanol–water partition coefficient (Wildman–Crippen LogP) is 4.14. The molecule has 2 aliphatic heterocycles. The molecule has 3 nitrogen and oxygen atoms in total. The Kier molecular flexibility index (Phi) is 5.76. The van der Waals surface area contributed by atoms with Crippen LogP contribution in [-0.2, 0) is 4.74 Å². The van der Waals surface area contributed by atoms with Crippen molar-refractivity contribution in [1.82, 2.24) is 0 Å². The van der Waals surface area contributed by atoms with E-state index in [0.29, 0.717) is 25.2 Å². The Morgan fingerprint density at radius 1 is 1.00 bits per heavy atom. The number of ether oxygens (including phenoxy) is 1. The van der Waals surface area contributed by atoms with Crippen LogP contribution in [0.1, 0.15) is 73.1 Å². The van der Waals surface area contributed by atoms with Crippen LogP contribution in [0.25, 0.3) is 0 Å². The third kappa shape index (κ3) is 4.68. The van der Waals surface area contributed by atoms with Crippen LogP contribution in [0.4, 0.5) is 0 Å². The quantitative estimate of drug-likeness (QED) is 0.763. The van der Waals surface area contributed by atoms with Crippen molar-refractivity contribution in [2.24, 2.45) is 5.92 Å². The largest absolute Gasteiger partial charge is 0.387 e. The van der Waals surface area contributed by atoms with Gasteiger partial charge in [-0.1, -0.05) is 37.1 Å². The second-order valence-corrected chi connectivity index (χ2v) is 8.31. The van der Waals surface area contributed by atoms with Gasteiger partial charge < -0.3 is 14.9 Å². The highest BCUT2D eigenvalue weighted by Crippen LogP contribution is 2.38. The minimum absolute atomic E-state index is 0.190. The molecule has 0 aromatic rings. The lowest BCUT2D eigenvalue weighted by molar-refractivity contribution is -0.216. The molecule has 2 bridgehead atoms. The van der Waals surface area contributed by atoms with Crippen LogP contribution in [0, 0.1) is 5.92 Å². The zero-order valence-electron chi connectivity index (χ0n) is 15.4. The first-order chi connectivity index (χ1) is 10.6. The Hall–Kier alpha value is -0.640. The van der Waals surface area contributed by atoms with Crippen LogP contribution in [0.5, 0.6) is 0 Å². The van der Waals surface area contributed by atoms with Gasteiger partial charge in [0.1, 0.15) is 0 Å². The first-order valence-corrected chi connectivity index (χ1v) is 9.08. The summed E-state index contributed by atoms with van der Waals surface area (Å²) in [7, 11) is 0. The van der Waals surface area contributed by atoms with Crippen LogP contribution in [0.2, 0.25) is 0 Å². The van der Waals surface area contributed by atoms with E-state index in [9.17, 15) is 10.2 Å². The lowest BCUT2D eigenvalue weighted by atomic mass is 9.79. The molecule has 1 saturated heterocycles. The van der Waals surface area contributed by atoms with Gasteiger partial charge in [-0.05, 0) is 65.2 Å². The topological polar surface area (TPSA) is 49.7 Å². The van der Waals surface area contributed by atoms with E-state index < -0.39 is 11.2 Å². The maximum Gasteiger partial charge on any atom is 0.0883 e. The normalized spacial score (nSPS) is 42.3. The summed E-state index contributed by atoms with van der Waals surface area (Å²) in [5.74, 6) is 0.485. The summed E-state index contributed by atoms with van der Waals surface area (Å²) >= 11 is 0. The first-order valence-electron chi connectivity index (χ1n) is 9.08. The molecule has 2 heterocycles. The minimum Gasteiger partial charge on any atom is -0.387 e. The van der Waals surface area contributed by atoms with Gasteiger partial charge >= 0.3 is 0 Å². The van der Waals surface area contributed by atoms with Gasteiger partial charge in [-0.15, -0.1) is 0 Å². The molecule has 3 heteroatoms. The van der Waals surface area contributed by atoms with Crippen LogP contribution in [0.3, 0.4) is 0 Å². The van der Waals surface area contributed by atoms with Crippen molar-refractivity contribution in [3.05, 3.63) is 23.3 Å². The minimum atomic E-state index is -0.847. The Labute approximate surface area is 141 Å². The maximum atomic E-state index is 10.9. The van der Waals surface area contributed by atoms with Gasteiger partial charge in [0.25, 0.3) is 0 Å². The zero-order valence-corrected chi connectivity index (χ0v) is 15.4.